The van der Waals surface area contributed by atoms with E-state index in [9.17, 15) is 10.1 Å². The van der Waals surface area contributed by atoms with Gasteiger partial charge in [0, 0.05) is 19.2 Å². The fraction of sp³-hybridized carbons (Fsp3) is 0.316. The van der Waals surface area contributed by atoms with Crippen LogP contribution in [0.4, 0.5) is 5.82 Å². The summed E-state index contributed by atoms with van der Waals surface area (Å²) in [7, 11) is 3.36. The van der Waals surface area contributed by atoms with Crippen molar-refractivity contribution in [3.8, 4) is 17.5 Å². The summed E-state index contributed by atoms with van der Waals surface area (Å²) in [5.74, 6) is 0.838. The molecular formula is C19H20N6O2. The average molecular weight is 364 g/mol. The van der Waals surface area contributed by atoms with Gasteiger partial charge in [0.15, 0.2) is 5.65 Å². The van der Waals surface area contributed by atoms with E-state index in [1.54, 1.807) is 28.3 Å². The molecular weight excluding hydrogens is 344 g/mol. The normalized spacial score (nSPS) is 13.7. The van der Waals surface area contributed by atoms with Crippen LogP contribution in [0, 0.1) is 25.2 Å². The van der Waals surface area contributed by atoms with Gasteiger partial charge in [-0.25, -0.2) is 0 Å². The number of nitrogen functional groups attached to an aromatic ring is 1. The number of rotatable bonds is 2. The van der Waals surface area contributed by atoms with Crippen molar-refractivity contribution < 1.29 is 9.53 Å². The second kappa shape index (κ2) is 5.77. The number of methoxy groups -OCH3 is 1. The Morgan fingerprint density at radius 3 is 2.70 bits per heavy atom. The molecule has 8 nitrogen and oxygen atoms in total. The number of anilines is 1. The van der Waals surface area contributed by atoms with Crippen molar-refractivity contribution >= 4 is 22.8 Å². The molecule has 138 valence electrons. The van der Waals surface area contributed by atoms with Crippen LogP contribution in [0.15, 0.2) is 12.1 Å². The highest BCUT2D eigenvalue weighted by molar-refractivity contribution is 6.09. The van der Waals surface area contributed by atoms with Crippen molar-refractivity contribution in [2.24, 2.45) is 0 Å². The number of aryl methyl sites for hydroxylation is 1. The molecule has 0 bridgehead atoms. The first-order chi connectivity index (χ1) is 12.9. The number of nitrogens with two attached hydrogens (primary N) is 1. The molecule has 27 heavy (non-hydrogen) atoms. The second-order valence-corrected chi connectivity index (χ2v) is 6.76. The maximum atomic E-state index is 12.7. The van der Waals surface area contributed by atoms with Gasteiger partial charge in [-0.1, -0.05) is 6.07 Å². The summed E-state index contributed by atoms with van der Waals surface area (Å²) in [6.07, 6.45) is 0. The van der Waals surface area contributed by atoms with Crippen molar-refractivity contribution in [3.05, 3.63) is 34.5 Å². The number of likely N-dealkylation sites (N-methyl/N-ethyl adjacent to an activating group) is 1. The number of carbonyl (C=O) groups is 1. The fourth-order valence-electron chi connectivity index (χ4n) is 3.82. The minimum atomic E-state index is -0.156. The summed E-state index contributed by atoms with van der Waals surface area (Å²) >= 11 is 0. The highest BCUT2D eigenvalue weighted by Crippen LogP contribution is 2.38. The SMILES string of the molecule is COc1ccc(C)c(-n2c(N)c(C#N)c3c4n(nc32)CCN(C)C4=O)c1C. The van der Waals surface area contributed by atoms with Gasteiger partial charge in [0.05, 0.1) is 24.7 Å². The van der Waals surface area contributed by atoms with Crippen molar-refractivity contribution in [2.45, 2.75) is 20.4 Å². The van der Waals surface area contributed by atoms with E-state index in [-0.39, 0.29) is 17.3 Å². The molecule has 1 amide bonds. The maximum absolute atomic E-state index is 12.7. The van der Waals surface area contributed by atoms with Gasteiger partial charge in [0.2, 0.25) is 0 Å². The van der Waals surface area contributed by atoms with E-state index < -0.39 is 0 Å². The molecule has 0 aliphatic carbocycles. The van der Waals surface area contributed by atoms with Crippen molar-refractivity contribution in [3.63, 3.8) is 0 Å². The minimum Gasteiger partial charge on any atom is -0.496 e. The lowest BCUT2D eigenvalue weighted by Crippen LogP contribution is -2.37. The zero-order valence-corrected chi connectivity index (χ0v) is 15.7. The molecule has 1 aliphatic rings. The van der Waals surface area contributed by atoms with Gasteiger partial charge < -0.3 is 15.4 Å². The molecule has 0 unspecified atom stereocenters. The predicted molar refractivity (Wildman–Crippen MR) is 101 cm³/mol. The quantitative estimate of drug-likeness (QED) is 0.749. The van der Waals surface area contributed by atoms with Crippen molar-refractivity contribution in [1.29, 1.82) is 5.26 Å². The van der Waals surface area contributed by atoms with E-state index in [0.717, 1.165) is 22.6 Å². The Bertz CT molecular complexity index is 1150. The lowest BCUT2D eigenvalue weighted by molar-refractivity contribution is 0.0745. The van der Waals surface area contributed by atoms with Crippen LogP contribution >= 0.6 is 0 Å². The van der Waals surface area contributed by atoms with Crippen molar-refractivity contribution in [1.82, 2.24) is 19.2 Å². The number of nitrogens with zero attached hydrogens (tertiary/aromatic N) is 5. The molecule has 3 aromatic rings. The summed E-state index contributed by atoms with van der Waals surface area (Å²) in [6.45, 7) is 5.05. The van der Waals surface area contributed by atoms with E-state index in [0.29, 0.717) is 29.8 Å². The van der Waals surface area contributed by atoms with E-state index in [4.69, 9.17) is 10.5 Å². The van der Waals surface area contributed by atoms with Crippen LogP contribution in [0.3, 0.4) is 0 Å². The topological polar surface area (TPSA) is 102 Å². The lowest BCUT2D eigenvalue weighted by Gasteiger charge is -2.23. The molecule has 0 spiro atoms. The number of benzene rings is 1. The lowest BCUT2D eigenvalue weighted by atomic mass is 10.1. The highest BCUT2D eigenvalue weighted by atomic mass is 16.5. The Kier molecular flexibility index (Phi) is 3.63. The first-order valence-corrected chi connectivity index (χ1v) is 8.61. The fourth-order valence-corrected chi connectivity index (χ4v) is 3.82. The Labute approximate surface area is 156 Å². The maximum Gasteiger partial charge on any atom is 0.272 e. The Morgan fingerprint density at radius 1 is 1.30 bits per heavy atom. The largest absolute Gasteiger partial charge is 0.496 e. The number of aromatic nitrogens is 3. The van der Waals surface area contributed by atoms with E-state index in [1.165, 1.54) is 0 Å². The van der Waals surface area contributed by atoms with Crippen molar-refractivity contribution in [2.75, 3.05) is 26.4 Å². The van der Waals surface area contributed by atoms with E-state index in [1.807, 2.05) is 26.0 Å². The van der Waals surface area contributed by atoms with Gasteiger partial charge in [0.25, 0.3) is 5.91 Å². The second-order valence-electron chi connectivity index (χ2n) is 6.76. The van der Waals surface area contributed by atoms with Gasteiger partial charge in [-0.3, -0.25) is 14.0 Å². The third-order valence-electron chi connectivity index (χ3n) is 5.23. The first kappa shape index (κ1) is 17.0. The molecule has 1 aliphatic heterocycles. The van der Waals surface area contributed by atoms with Gasteiger partial charge in [-0.05, 0) is 25.5 Å². The number of carbonyl (C=O) groups excluding carboxylic acids is 1. The van der Waals surface area contributed by atoms with Crippen LogP contribution in [0.1, 0.15) is 27.2 Å². The molecule has 2 aromatic heterocycles. The number of amides is 1. The number of fused-ring (bicyclic) bond motifs is 3. The summed E-state index contributed by atoms with van der Waals surface area (Å²) in [5, 5.41) is 14.9. The molecule has 2 N–H and O–H groups in total. The molecule has 0 radical (unpaired) electrons. The number of hydrogen-bond donors (Lipinski definition) is 1. The Balaban J connectivity index is 2.14. The molecule has 3 heterocycles. The minimum absolute atomic E-state index is 0.156. The molecule has 1 aromatic carbocycles. The average Bonchev–Trinajstić information content (AvgIpc) is 3.13. The smallest absolute Gasteiger partial charge is 0.272 e. The van der Waals surface area contributed by atoms with Gasteiger partial charge in [0.1, 0.15) is 28.9 Å². The highest BCUT2D eigenvalue weighted by Gasteiger charge is 2.32. The monoisotopic (exact) mass is 364 g/mol. The molecule has 0 saturated carbocycles. The molecule has 4 rings (SSSR count). The van der Waals surface area contributed by atoms with E-state index >= 15 is 0 Å². The van der Waals surface area contributed by atoms with Crippen LogP contribution in [0.2, 0.25) is 0 Å². The third-order valence-corrected chi connectivity index (χ3v) is 5.23. The number of ether oxygens (including phenoxy) is 1. The summed E-state index contributed by atoms with van der Waals surface area (Å²) < 4.78 is 8.89. The summed E-state index contributed by atoms with van der Waals surface area (Å²) in [4.78, 5) is 14.4. The van der Waals surface area contributed by atoms with Crippen LogP contribution in [-0.2, 0) is 6.54 Å². The van der Waals surface area contributed by atoms with E-state index in [2.05, 4.69) is 11.2 Å². The van der Waals surface area contributed by atoms with Gasteiger partial charge in [-0.2, -0.15) is 10.4 Å². The summed E-state index contributed by atoms with van der Waals surface area (Å²) in [5.41, 5.74) is 10.2. The molecule has 0 fully saturated rings. The first-order valence-electron chi connectivity index (χ1n) is 8.61. The number of nitriles is 1. The Hall–Kier alpha value is -3.47. The van der Waals surface area contributed by atoms with Crippen LogP contribution in [-0.4, -0.2) is 45.9 Å². The third kappa shape index (κ3) is 2.15. The zero-order valence-electron chi connectivity index (χ0n) is 15.7. The molecule has 8 heteroatoms. The van der Waals surface area contributed by atoms with Gasteiger partial charge in [-0.15, -0.1) is 0 Å². The standard InChI is InChI=1S/C19H20N6O2/c1-10-5-6-13(27-4)11(2)15(10)25-17(21)12(9-20)14-16-19(26)23(3)7-8-24(16)22-18(14)25/h5-6H,7-8,21H2,1-4H3. The van der Waals surface area contributed by atoms with Gasteiger partial charge >= 0.3 is 0 Å². The van der Waals surface area contributed by atoms with Crippen LogP contribution in [0.5, 0.6) is 5.75 Å². The Morgan fingerprint density at radius 2 is 2.04 bits per heavy atom. The zero-order chi connectivity index (χ0) is 19.5. The van der Waals surface area contributed by atoms with Crippen LogP contribution < -0.4 is 10.5 Å². The van der Waals surface area contributed by atoms with Crippen LogP contribution in [0.25, 0.3) is 16.7 Å². The summed E-state index contributed by atoms with van der Waals surface area (Å²) in [6, 6.07) is 6.00. The number of hydrogen-bond acceptors (Lipinski definition) is 5. The molecule has 0 atom stereocenters. The predicted octanol–water partition coefficient (Wildman–Crippen LogP) is 1.99. The molecule has 0 saturated heterocycles.